The number of halogens is 4. The summed E-state index contributed by atoms with van der Waals surface area (Å²) < 4.78 is 38.1. The van der Waals surface area contributed by atoms with E-state index in [4.69, 9.17) is 16.9 Å². The molecule has 2 N–H and O–H groups in total. The molecule has 0 bridgehead atoms. The van der Waals surface area contributed by atoms with E-state index in [-0.39, 0.29) is 5.02 Å². The van der Waals surface area contributed by atoms with Gasteiger partial charge in [-0.3, -0.25) is 0 Å². The van der Waals surface area contributed by atoms with Crippen molar-refractivity contribution in [3.63, 3.8) is 0 Å². The summed E-state index contributed by atoms with van der Waals surface area (Å²) >= 11 is 5.57. The van der Waals surface area contributed by atoms with Crippen LogP contribution >= 0.6 is 11.6 Å². The fourth-order valence-electron chi connectivity index (χ4n) is 1.45. The van der Waals surface area contributed by atoms with Crippen molar-refractivity contribution in [2.45, 2.75) is 24.8 Å². The summed E-state index contributed by atoms with van der Waals surface area (Å²) in [4.78, 5) is 0. The van der Waals surface area contributed by atoms with Crippen molar-refractivity contribution in [1.82, 2.24) is 0 Å². The van der Waals surface area contributed by atoms with E-state index in [2.05, 4.69) is 0 Å². The lowest BCUT2D eigenvalue weighted by Gasteiger charge is -2.20. The van der Waals surface area contributed by atoms with E-state index in [1.807, 2.05) is 0 Å². The average molecular weight is 280 g/mol. The van der Waals surface area contributed by atoms with Crippen molar-refractivity contribution < 1.29 is 23.4 Å². The maximum Gasteiger partial charge on any atom is 0.416 e. The third-order valence-electron chi connectivity index (χ3n) is 2.30. The highest BCUT2D eigenvalue weighted by Crippen LogP contribution is 2.37. The van der Waals surface area contributed by atoms with Gasteiger partial charge in [-0.1, -0.05) is 11.6 Å². The Bertz CT molecular complexity index is 470. The number of nitriles is 1. The van der Waals surface area contributed by atoms with Gasteiger partial charge < -0.3 is 10.2 Å². The molecule has 0 aliphatic carbocycles. The van der Waals surface area contributed by atoms with E-state index in [0.717, 1.165) is 18.2 Å². The van der Waals surface area contributed by atoms with Crippen LogP contribution in [0.5, 0.6) is 0 Å². The Labute approximate surface area is 106 Å². The minimum Gasteiger partial charge on any atom is -0.389 e. The highest BCUT2D eigenvalue weighted by atomic mass is 35.5. The quantitative estimate of drug-likeness (QED) is 0.894. The summed E-state index contributed by atoms with van der Waals surface area (Å²) in [6.07, 6.45) is -8.58. The first kappa shape index (κ1) is 14.8. The van der Waals surface area contributed by atoms with E-state index in [9.17, 15) is 23.4 Å². The Morgan fingerprint density at radius 3 is 2.44 bits per heavy atom. The zero-order valence-electron chi connectivity index (χ0n) is 8.95. The fourth-order valence-corrected chi connectivity index (χ4v) is 1.63. The predicted molar refractivity (Wildman–Crippen MR) is 57.7 cm³/mol. The lowest BCUT2D eigenvalue weighted by atomic mass is 9.97. The highest BCUT2D eigenvalue weighted by Gasteiger charge is 2.36. The second-order valence-corrected chi connectivity index (χ2v) is 4.04. The molecule has 98 valence electrons. The first-order valence-electron chi connectivity index (χ1n) is 4.87. The maximum atomic E-state index is 12.7. The van der Waals surface area contributed by atoms with Gasteiger partial charge in [0.05, 0.1) is 24.2 Å². The summed E-state index contributed by atoms with van der Waals surface area (Å²) in [5.74, 6) is 0. The second-order valence-electron chi connectivity index (χ2n) is 3.60. The topological polar surface area (TPSA) is 64.2 Å². The van der Waals surface area contributed by atoms with Gasteiger partial charge in [0.2, 0.25) is 0 Å². The van der Waals surface area contributed by atoms with Gasteiger partial charge in [0.1, 0.15) is 6.10 Å². The SMILES string of the molecule is N#CCC(O)C(O)c1cc(Cl)ccc1C(F)(F)F. The molecule has 7 heteroatoms. The van der Waals surface area contributed by atoms with Crippen molar-refractivity contribution in [1.29, 1.82) is 5.26 Å². The molecular formula is C11H9ClF3NO2. The summed E-state index contributed by atoms with van der Waals surface area (Å²) in [5.41, 5.74) is -1.63. The Morgan fingerprint density at radius 1 is 1.33 bits per heavy atom. The van der Waals surface area contributed by atoms with E-state index in [1.54, 1.807) is 6.07 Å². The normalized spacial score (nSPS) is 14.9. The van der Waals surface area contributed by atoms with Crippen molar-refractivity contribution in [3.05, 3.63) is 34.3 Å². The number of benzene rings is 1. The standard InChI is InChI=1S/C11H9ClF3NO2/c12-6-1-2-8(11(13,14)15)7(5-6)10(18)9(17)3-4-16/h1-2,5,9-10,17-18H,3H2. The van der Waals surface area contributed by atoms with Crippen LogP contribution in [0.2, 0.25) is 5.02 Å². The number of alkyl halides is 3. The molecule has 0 radical (unpaired) electrons. The van der Waals surface area contributed by atoms with Crippen molar-refractivity contribution in [2.75, 3.05) is 0 Å². The summed E-state index contributed by atoms with van der Waals surface area (Å²) in [5, 5.41) is 27.3. The highest BCUT2D eigenvalue weighted by molar-refractivity contribution is 6.30. The van der Waals surface area contributed by atoms with Gasteiger partial charge in [0, 0.05) is 5.02 Å². The van der Waals surface area contributed by atoms with E-state index >= 15 is 0 Å². The lowest BCUT2D eigenvalue weighted by molar-refractivity contribution is -0.139. The van der Waals surface area contributed by atoms with Crippen LogP contribution in [0.1, 0.15) is 23.7 Å². The molecule has 2 unspecified atom stereocenters. The molecule has 0 heterocycles. The largest absolute Gasteiger partial charge is 0.416 e. The van der Waals surface area contributed by atoms with Crippen molar-refractivity contribution in [2.24, 2.45) is 0 Å². The van der Waals surface area contributed by atoms with Crippen LogP contribution in [-0.2, 0) is 6.18 Å². The zero-order valence-corrected chi connectivity index (χ0v) is 9.70. The Kier molecular flexibility index (Phi) is 4.57. The molecule has 3 nitrogen and oxygen atoms in total. The maximum absolute atomic E-state index is 12.7. The Morgan fingerprint density at radius 2 is 1.94 bits per heavy atom. The van der Waals surface area contributed by atoms with Crippen LogP contribution in [-0.4, -0.2) is 16.3 Å². The Balaban J connectivity index is 3.22. The number of hydrogen-bond donors (Lipinski definition) is 2. The van der Waals surface area contributed by atoms with Crippen LogP contribution in [0, 0.1) is 11.3 Å². The second kappa shape index (κ2) is 5.57. The minimum atomic E-state index is -4.67. The third kappa shape index (κ3) is 3.35. The summed E-state index contributed by atoms with van der Waals surface area (Å²) in [6, 6.07) is 4.25. The van der Waals surface area contributed by atoms with Gasteiger partial charge in [0.25, 0.3) is 0 Å². The first-order valence-corrected chi connectivity index (χ1v) is 5.25. The van der Waals surface area contributed by atoms with Gasteiger partial charge in [-0.25, -0.2) is 0 Å². The zero-order chi connectivity index (χ0) is 13.9. The molecule has 1 rings (SSSR count). The molecule has 0 amide bonds. The number of aliphatic hydroxyl groups is 2. The van der Waals surface area contributed by atoms with Crippen LogP contribution in [0.25, 0.3) is 0 Å². The van der Waals surface area contributed by atoms with E-state index in [1.165, 1.54) is 0 Å². The number of hydrogen-bond acceptors (Lipinski definition) is 3. The summed E-state index contributed by atoms with van der Waals surface area (Å²) in [6.45, 7) is 0. The van der Waals surface area contributed by atoms with Crippen LogP contribution in [0.3, 0.4) is 0 Å². The molecule has 0 aromatic heterocycles. The molecule has 18 heavy (non-hydrogen) atoms. The van der Waals surface area contributed by atoms with Crippen molar-refractivity contribution in [3.8, 4) is 6.07 Å². The van der Waals surface area contributed by atoms with Crippen LogP contribution < -0.4 is 0 Å². The molecule has 0 aliphatic heterocycles. The lowest BCUT2D eigenvalue weighted by Crippen LogP contribution is -2.21. The molecule has 1 aromatic rings. The van der Waals surface area contributed by atoms with Crippen LogP contribution in [0.15, 0.2) is 18.2 Å². The predicted octanol–water partition coefficient (Wildman–Crippen LogP) is 2.67. The van der Waals surface area contributed by atoms with Gasteiger partial charge in [0.15, 0.2) is 0 Å². The molecule has 0 fully saturated rings. The molecule has 2 atom stereocenters. The van der Waals surface area contributed by atoms with Crippen LogP contribution in [0.4, 0.5) is 13.2 Å². The third-order valence-corrected chi connectivity index (χ3v) is 2.54. The molecule has 1 aromatic carbocycles. The smallest absolute Gasteiger partial charge is 0.389 e. The fraction of sp³-hybridized carbons (Fsp3) is 0.364. The van der Waals surface area contributed by atoms with Crippen molar-refractivity contribution >= 4 is 11.6 Å². The molecule has 0 aliphatic rings. The summed E-state index contributed by atoms with van der Waals surface area (Å²) in [7, 11) is 0. The molecular weight excluding hydrogens is 271 g/mol. The molecule has 0 saturated heterocycles. The molecule has 0 spiro atoms. The Hall–Kier alpha value is -1.29. The number of rotatable bonds is 3. The first-order chi connectivity index (χ1) is 8.27. The average Bonchev–Trinajstić information content (AvgIpc) is 2.26. The number of aliphatic hydroxyl groups excluding tert-OH is 2. The number of nitrogens with zero attached hydrogens (tertiary/aromatic N) is 1. The van der Waals surface area contributed by atoms with Gasteiger partial charge in [-0.05, 0) is 23.8 Å². The van der Waals surface area contributed by atoms with Gasteiger partial charge >= 0.3 is 6.18 Å². The van der Waals surface area contributed by atoms with Gasteiger partial charge in [-0.2, -0.15) is 18.4 Å². The van der Waals surface area contributed by atoms with E-state index in [0.29, 0.717) is 0 Å². The monoisotopic (exact) mass is 279 g/mol. The minimum absolute atomic E-state index is 0.00112. The molecule has 0 saturated carbocycles. The van der Waals surface area contributed by atoms with Gasteiger partial charge in [-0.15, -0.1) is 0 Å². The van der Waals surface area contributed by atoms with E-state index < -0.39 is 35.9 Å².